The zero-order valence-electron chi connectivity index (χ0n) is 11.8. The number of carboxylic acids is 1. The summed E-state index contributed by atoms with van der Waals surface area (Å²) in [7, 11) is 0. The summed E-state index contributed by atoms with van der Waals surface area (Å²) in [5, 5.41) is 8.92. The maximum Gasteiger partial charge on any atom is 0.335 e. The maximum atomic E-state index is 13.4. The molecule has 2 rings (SSSR count). The molecule has 0 saturated heterocycles. The van der Waals surface area contributed by atoms with Crippen molar-refractivity contribution in [3.8, 4) is 0 Å². The van der Waals surface area contributed by atoms with Gasteiger partial charge in [0.25, 0.3) is 0 Å². The molecule has 3 nitrogen and oxygen atoms in total. The normalized spacial score (nSPS) is 22.7. The second-order valence-electron chi connectivity index (χ2n) is 5.46. The van der Waals surface area contributed by atoms with Crippen LogP contribution in [0.2, 0.25) is 0 Å². The molecule has 2 atom stereocenters. The first-order chi connectivity index (χ1) is 9.60. The third kappa shape index (κ3) is 3.79. The SMILES string of the molecule is CCC1CCCCC1OCc1cc(F)cc(C(=O)O)c1. The van der Waals surface area contributed by atoms with Crippen LogP contribution in [0.3, 0.4) is 0 Å². The van der Waals surface area contributed by atoms with E-state index in [4.69, 9.17) is 9.84 Å². The van der Waals surface area contributed by atoms with E-state index in [1.807, 2.05) is 0 Å². The molecule has 1 fully saturated rings. The van der Waals surface area contributed by atoms with Crippen molar-refractivity contribution in [2.45, 2.75) is 51.7 Å². The maximum absolute atomic E-state index is 13.4. The number of halogens is 1. The van der Waals surface area contributed by atoms with Crippen LogP contribution in [0.1, 0.15) is 54.9 Å². The lowest BCUT2D eigenvalue weighted by Gasteiger charge is -2.30. The highest BCUT2D eigenvalue weighted by atomic mass is 19.1. The topological polar surface area (TPSA) is 46.5 Å². The van der Waals surface area contributed by atoms with Gasteiger partial charge in [-0.05, 0) is 42.5 Å². The molecule has 0 bridgehead atoms. The molecule has 0 heterocycles. The Hall–Kier alpha value is -1.42. The molecular formula is C16H21FO3. The molecule has 0 aliphatic heterocycles. The Labute approximate surface area is 118 Å². The van der Waals surface area contributed by atoms with Gasteiger partial charge in [-0.3, -0.25) is 0 Å². The quantitative estimate of drug-likeness (QED) is 0.886. The highest BCUT2D eigenvalue weighted by molar-refractivity contribution is 5.87. The number of hydrogen-bond acceptors (Lipinski definition) is 2. The van der Waals surface area contributed by atoms with Gasteiger partial charge in [-0.15, -0.1) is 0 Å². The molecular weight excluding hydrogens is 259 g/mol. The van der Waals surface area contributed by atoms with Crippen molar-refractivity contribution >= 4 is 5.97 Å². The Bertz CT molecular complexity index is 473. The summed E-state index contributed by atoms with van der Waals surface area (Å²) >= 11 is 0. The highest BCUT2D eigenvalue weighted by Crippen LogP contribution is 2.29. The van der Waals surface area contributed by atoms with Crippen molar-refractivity contribution in [1.82, 2.24) is 0 Å². The number of carbonyl (C=O) groups is 1. The molecule has 1 aromatic carbocycles. The Balaban J connectivity index is 2.01. The lowest BCUT2D eigenvalue weighted by atomic mass is 9.85. The van der Waals surface area contributed by atoms with Crippen LogP contribution in [0, 0.1) is 11.7 Å². The lowest BCUT2D eigenvalue weighted by Crippen LogP contribution is -2.27. The fraction of sp³-hybridized carbons (Fsp3) is 0.562. The van der Waals surface area contributed by atoms with Crippen LogP contribution in [0.25, 0.3) is 0 Å². The van der Waals surface area contributed by atoms with E-state index in [2.05, 4.69) is 6.92 Å². The van der Waals surface area contributed by atoms with Gasteiger partial charge in [-0.2, -0.15) is 0 Å². The molecule has 1 N–H and O–H groups in total. The monoisotopic (exact) mass is 280 g/mol. The van der Waals surface area contributed by atoms with Crippen LogP contribution < -0.4 is 0 Å². The van der Waals surface area contributed by atoms with E-state index in [1.165, 1.54) is 31.4 Å². The average molecular weight is 280 g/mol. The summed E-state index contributed by atoms with van der Waals surface area (Å²) in [6, 6.07) is 3.85. The Morgan fingerprint density at radius 3 is 2.80 bits per heavy atom. The zero-order chi connectivity index (χ0) is 14.5. The number of hydrogen-bond donors (Lipinski definition) is 1. The smallest absolute Gasteiger partial charge is 0.335 e. The van der Waals surface area contributed by atoms with Crippen LogP contribution in [0.4, 0.5) is 4.39 Å². The summed E-state index contributed by atoms with van der Waals surface area (Å²) < 4.78 is 19.3. The molecule has 2 unspecified atom stereocenters. The van der Waals surface area contributed by atoms with Crippen molar-refractivity contribution in [3.63, 3.8) is 0 Å². The van der Waals surface area contributed by atoms with E-state index in [9.17, 15) is 9.18 Å². The summed E-state index contributed by atoms with van der Waals surface area (Å²) in [4.78, 5) is 10.9. The van der Waals surface area contributed by atoms with Gasteiger partial charge in [0.2, 0.25) is 0 Å². The first kappa shape index (κ1) is 15.0. The van der Waals surface area contributed by atoms with Gasteiger partial charge in [0, 0.05) is 0 Å². The van der Waals surface area contributed by atoms with Gasteiger partial charge in [-0.1, -0.05) is 26.2 Å². The molecule has 1 aliphatic carbocycles. The van der Waals surface area contributed by atoms with Crippen molar-refractivity contribution in [2.75, 3.05) is 0 Å². The summed E-state index contributed by atoms with van der Waals surface area (Å²) in [6.07, 6.45) is 5.95. The first-order valence-corrected chi connectivity index (χ1v) is 7.24. The van der Waals surface area contributed by atoms with Gasteiger partial charge in [0.1, 0.15) is 5.82 Å². The van der Waals surface area contributed by atoms with Crippen LogP contribution in [-0.2, 0) is 11.3 Å². The lowest BCUT2D eigenvalue weighted by molar-refractivity contribution is -0.0222. The van der Waals surface area contributed by atoms with Crippen LogP contribution in [0.15, 0.2) is 18.2 Å². The van der Waals surface area contributed by atoms with E-state index < -0.39 is 11.8 Å². The molecule has 0 amide bonds. The molecule has 1 aromatic rings. The van der Waals surface area contributed by atoms with Crippen LogP contribution in [-0.4, -0.2) is 17.2 Å². The minimum Gasteiger partial charge on any atom is -0.478 e. The van der Waals surface area contributed by atoms with E-state index >= 15 is 0 Å². The van der Waals surface area contributed by atoms with Gasteiger partial charge >= 0.3 is 5.97 Å². The zero-order valence-corrected chi connectivity index (χ0v) is 11.8. The fourth-order valence-corrected chi connectivity index (χ4v) is 2.92. The van der Waals surface area contributed by atoms with Crippen molar-refractivity contribution in [1.29, 1.82) is 0 Å². The summed E-state index contributed by atoms with van der Waals surface area (Å²) in [5.74, 6) is -1.08. The van der Waals surface area contributed by atoms with E-state index in [0.29, 0.717) is 11.5 Å². The third-order valence-electron chi connectivity index (χ3n) is 4.03. The summed E-state index contributed by atoms with van der Waals surface area (Å²) in [6.45, 7) is 2.44. The van der Waals surface area contributed by atoms with E-state index in [0.717, 1.165) is 18.9 Å². The number of aromatic carboxylic acids is 1. The molecule has 4 heteroatoms. The minimum absolute atomic E-state index is 0.0284. The Kier molecular flexibility index (Phi) is 5.12. The predicted octanol–water partition coefficient (Wildman–Crippen LogP) is 4.01. The van der Waals surface area contributed by atoms with Crippen molar-refractivity contribution in [3.05, 3.63) is 35.1 Å². The van der Waals surface area contributed by atoms with Gasteiger partial charge in [-0.25, -0.2) is 9.18 Å². The third-order valence-corrected chi connectivity index (χ3v) is 4.03. The first-order valence-electron chi connectivity index (χ1n) is 7.24. The van der Waals surface area contributed by atoms with E-state index in [-0.39, 0.29) is 18.3 Å². The average Bonchev–Trinajstić information content (AvgIpc) is 2.44. The van der Waals surface area contributed by atoms with Crippen molar-refractivity contribution < 1.29 is 19.0 Å². The van der Waals surface area contributed by atoms with Gasteiger partial charge in [0.15, 0.2) is 0 Å². The van der Waals surface area contributed by atoms with Gasteiger partial charge < -0.3 is 9.84 Å². The predicted molar refractivity (Wildman–Crippen MR) is 74.2 cm³/mol. The molecule has 1 saturated carbocycles. The molecule has 0 radical (unpaired) electrons. The van der Waals surface area contributed by atoms with Crippen molar-refractivity contribution in [2.24, 2.45) is 5.92 Å². The van der Waals surface area contributed by atoms with Gasteiger partial charge in [0.05, 0.1) is 18.3 Å². The largest absolute Gasteiger partial charge is 0.478 e. The minimum atomic E-state index is -1.12. The second-order valence-corrected chi connectivity index (χ2v) is 5.46. The molecule has 0 spiro atoms. The standard InChI is InChI=1S/C16H21FO3/c1-2-12-5-3-4-6-15(12)20-10-11-7-13(16(18)19)9-14(17)8-11/h7-9,12,15H,2-6,10H2,1H3,(H,18,19). The molecule has 0 aromatic heterocycles. The molecule has 110 valence electrons. The number of benzene rings is 1. The number of carboxylic acid groups (broad SMARTS) is 1. The summed E-state index contributed by atoms with van der Waals surface area (Å²) in [5.41, 5.74) is 0.558. The fourth-order valence-electron chi connectivity index (χ4n) is 2.92. The second kappa shape index (κ2) is 6.84. The van der Waals surface area contributed by atoms with Crippen LogP contribution >= 0.6 is 0 Å². The highest BCUT2D eigenvalue weighted by Gasteiger charge is 2.24. The van der Waals surface area contributed by atoms with E-state index in [1.54, 1.807) is 0 Å². The Morgan fingerprint density at radius 2 is 2.10 bits per heavy atom. The number of rotatable bonds is 5. The molecule has 1 aliphatic rings. The van der Waals surface area contributed by atoms with Crippen LogP contribution in [0.5, 0.6) is 0 Å². The molecule has 20 heavy (non-hydrogen) atoms. The Morgan fingerprint density at radius 1 is 1.35 bits per heavy atom. The number of ether oxygens (including phenoxy) is 1.